The summed E-state index contributed by atoms with van der Waals surface area (Å²) in [5.41, 5.74) is -0.234. The fraction of sp³-hybridized carbons (Fsp3) is 0.429. The maximum atomic E-state index is 10.6. The summed E-state index contributed by atoms with van der Waals surface area (Å²) in [6.45, 7) is 1.32. The lowest BCUT2D eigenvalue weighted by molar-refractivity contribution is -0.385. The number of rotatable bonds is 3. The van der Waals surface area contributed by atoms with E-state index in [4.69, 9.17) is 10.4 Å². The highest BCUT2D eigenvalue weighted by Crippen LogP contribution is 2.21. The van der Waals surface area contributed by atoms with E-state index in [1.807, 2.05) is 0 Å². The fourth-order valence-corrected chi connectivity index (χ4v) is 1.16. The molecule has 0 saturated carbocycles. The third kappa shape index (κ3) is 1.55. The van der Waals surface area contributed by atoms with Gasteiger partial charge in [-0.1, -0.05) is 0 Å². The molecule has 0 aliphatic carbocycles. The van der Waals surface area contributed by atoms with Crippen molar-refractivity contribution in [2.45, 2.75) is 13.5 Å². The van der Waals surface area contributed by atoms with E-state index in [1.54, 1.807) is 6.07 Å². The number of nitriles is 1. The van der Waals surface area contributed by atoms with Crippen LogP contribution < -0.4 is 0 Å². The van der Waals surface area contributed by atoms with E-state index >= 15 is 0 Å². The molecule has 1 aromatic rings. The Morgan fingerprint density at radius 2 is 2.43 bits per heavy atom. The van der Waals surface area contributed by atoms with Gasteiger partial charge in [0, 0.05) is 0 Å². The minimum atomic E-state index is -0.644. The molecule has 1 N–H and O–H groups in total. The summed E-state index contributed by atoms with van der Waals surface area (Å²) in [4.78, 5) is 9.91. The van der Waals surface area contributed by atoms with Crippen molar-refractivity contribution >= 4 is 5.69 Å². The minimum Gasteiger partial charge on any atom is -0.394 e. The summed E-state index contributed by atoms with van der Waals surface area (Å²) in [7, 11) is 0. The van der Waals surface area contributed by atoms with Gasteiger partial charge in [0.25, 0.3) is 0 Å². The van der Waals surface area contributed by atoms with Crippen LogP contribution in [0.4, 0.5) is 5.69 Å². The van der Waals surface area contributed by atoms with Gasteiger partial charge in [-0.05, 0) is 6.92 Å². The Morgan fingerprint density at radius 3 is 2.86 bits per heavy atom. The van der Waals surface area contributed by atoms with Gasteiger partial charge in [-0.25, -0.2) is 4.68 Å². The second kappa shape index (κ2) is 3.85. The quantitative estimate of drug-likeness (QED) is 0.539. The van der Waals surface area contributed by atoms with Crippen LogP contribution in [0.5, 0.6) is 0 Å². The first kappa shape index (κ1) is 10.1. The summed E-state index contributed by atoms with van der Waals surface area (Å²) in [6, 6.07) is 1.70. The number of nitro groups is 1. The monoisotopic (exact) mass is 196 g/mol. The van der Waals surface area contributed by atoms with E-state index in [9.17, 15) is 10.1 Å². The summed E-state index contributed by atoms with van der Waals surface area (Å²) in [5, 5.41) is 31.7. The zero-order valence-electron chi connectivity index (χ0n) is 7.47. The van der Waals surface area contributed by atoms with Gasteiger partial charge in [0.05, 0.1) is 18.1 Å². The van der Waals surface area contributed by atoms with E-state index in [2.05, 4.69) is 5.10 Å². The van der Waals surface area contributed by atoms with E-state index < -0.39 is 4.92 Å². The first-order valence-electron chi connectivity index (χ1n) is 3.84. The third-order valence-electron chi connectivity index (χ3n) is 1.70. The van der Waals surface area contributed by atoms with Crippen LogP contribution in [0.1, 0.15) is 11.4 Å². The highest BCUT2D eigenvalue weighted by atomic mass is 16.6. The fourth-order valence-electron chi connectivity index (χ4n) is 1.16. The topological polar surface area (TPSA) is 105 Å². The molecule has 0 fully saturated rings. The standard InChI is InChI=1S/C7H8N4O3/c1-5-7(11(13)14)6(4-8)10(9-5)2-3-12/h12H,2-3H2,1H3. The van der Waals surface area contributed by atoms with E-state index in [0.717, 1.165) is 4.68 Å². The molecule has 0 aromatic carbocycles. The number of aromatic nitrogens is 2. The average molecular weight is 196 g/mol. The molecule has 0 amide bonds. The first-order valence-corrected chi connectivity index (χ1v) is 3.84. The van der Waals surface area contributed by atoms with Gasteiger partial charge in [0.15, 0.2) is 0 Å². The molecule has 1 aromatic heterocycles. The molecule has 0 atom stereocenters. The highest BCUT2D eigenvalue weighted by molar-refractivity contribution is 5.47. The molecule has 7 heteroatoms. The molecule has 0 spiro atoms. The molecule has 14 heavy (non-hydrogen) atoms. The largest absolute Gasteiger partial charge is 0.394 e. The van der Waals surface area contributed by atoms with Crippen LogP contribution in [0, 0.1) is 28.4 Å². The minimum absolute atomic E-state index is 0.0809. The van der Waals surface area contributed by atoms with Crippen molar-refractivity contribution in [1.29, 1.82) is 5.26 Å². The molecule has 0 aliphatic heterocycles. The maximum Gasteiger partial charge on any atom is 0.327 e. The molecular formula is C7H8N4O3. The summed E-state index contributed by atoms with van der Waals surface area (Å²) >= 11 is 0. The summed E-state index contributed by atoms with van der Waals surface area (Å²) in [6.07, 6.45) is 0. The molecule has 0 radical (unpaired) electrons. The van der Waals surface area contributed by atoms with Gasteiger partial charge in [-0.15, -0.1) is 0 Å². The predicted molar refractivity (Wildman–Crippen MR) is 45.4 cm³/mol. The van der Waals surface area contributed by atoms with Crippen molar-refractivity contribution in [2.24, 2.45) is 0 Å². The van der Waals surface area contributed by atoms with Crippen LogP contribution in [0.3, 0.4) is 0 Å². The smallest absolute Gasteiger partial charge is 0.327 e. The summed E-state index contributed by atoms with van der Waals surface area (Å²) in [5.74, 6) is 0. The van der Waals surface area contributed by atoms with Crippen molar-refractivity contribution in [3.63, 3.8) is 0 Å². The number of aryl methyl sites for hydroxylation is 1. The van der Waals surface area contributed by atoms with Crippen LogP contribution in [0.25, 0.3) is 0 Å². The van der Waals surface area contributed by atoms with Gasteiger partial charge in [-0.3, -0.25) is 10.1 Å². The van der Waals surface area contributed by atoms with Gasteiger partial charge < -0.3 is 5.11 Å². The number of nitrogens with zero attached hydrogens (tertiary/aromatic N) is 4. The molecular weight excluding hydrogens is 188 g/mol. The van der Waals surface area contributed by atoms with Crippen LogP contribution in [0.15, 0.2) is 0 Å². The predicted octanol–water partition coefficient (Wildman–Crippen LogP) is -0.0363. The van der Waals surface area contributed by atoms with Gasteiger partial charge in [-0.2, -0.15) is 10.4 Å². The molecule has 0 unspecified atom stereocenters. The number of aliphatic hydroxyl groups excluding tert-OH is 1. The van der Waals surface area contributed by atoms with E-state index in [0.29, 0.717) is 0 Å². The molecule has 1 rings (SSSR count). The molecule has 7 nitrogen and oxygen atoms in total. The Labute approximate surface area is 79.3 Å². The lowest BCUT2D eigenvalue weighted by Gasteiger charge is -1.96. The zero-order valence-corrected chi connectivity index (χ0v) is 7.47. The van der Waals surface area contributed by atoms with E-state index in [-0.39, 0.29) is 30.2 Å². The Balaban J connectivity index is 3.30. The van der Waals surface area contributed by atoms with E-state index in [1.165, 1.54) is 6.92 Å². The second-order valence-corrected chi connectivity index (χ2v) is 2.60. The second-order valence-electron chi connectivity index (χ2n) is 2.60. The van der Waals surface area contributed by atoms with Crippen molar-refractivity contribution in [3.05, 3.63) is 21.5 Å². The van der Waals surface area contributed by atoms with Crippen LogP contribution in [-0.2, 0) is 6.54 Å². The summed E-state index contributed by atoms with van der Waals surface area (Å²) < 4.78 is 1.13. The van der Waals surface area contributed by atoms with Crippen molar-refractivity contribution in [2.75, 3.05) is 6.61 Å². The number of hydrogen-bond donors (Lipinski definition) is 1. The van der Waals surface area contributed by atoms with Crippen molar-refractivity contribution in [3.8, 4) is 6.07 Å². The Bertz CT molecular complexity index is 404. The SMILES string of the molecule is Cc1nn(CCO)c(C#N)c1[N+](=O)[O-]. The molecule has 0 aliphatic rings. The van der Waals surface area contributed by atoms with Crippen molar-refractivity contribution < 1.29 is 10.0 Å². The number of hydrogen-bond acceptors (Lipinski definition) is 5. The highest BCUT2D eigenvalue weighted by Gasteiger charge is 2.24. The molecule has 0 bridgehead atoms. The zero-order chi connectivity index (χ0) is 10.7. The Kier molecular flexibility index (Phi) is 2.79. The number of aliphatic hydroxyl groups is 1. The normalized spacial score (nSPS) is 9.79. The maximum absolute atomic E-state index is 10.6. The van der Waals surface area contributed by atoms with Crippen molar-refractivity contribution in [1.82, 2.24) is 9.78 Å². The molecule has 74 valence electrons. The molecule has 0 saturated heterocycles. The Morgan fingerprint density at radius 1 is 1.79 bits per heavy atom. The Hall–Kier alpha value is -1.94. The average Bonchev–Trinajstić information content (AvgIpc) is 2.42. The van der Waals surface area contributed by atoms with Gasteiger partial charge >= 0.3 is 5.69 Å². The van der Waals surface area contributed by atoms with Gasteiger partial charge in [0.1, 0.15) is 11.8 Å². The van der Waals surface area contributed by atoms with Crippen LogP contribution >= 0.6 is 0 Å². The third-order valence-corrected chi connectivity index (χ3v) is 1.70. The van der Waals surface area contributed by atoms with Crippen LogP contribution in [0.2, 0.25) is 0 Å². The lowest BCUT2D eigenvalue weighted by atomic mass is 10.3. The lowest BCUT2D eigenvalue weighted by Crippen LogP contribution is -2.06. The first-order chi connectivity index (χ1) is 6.61. The van der Waals surface area contributed by atoms with Gasteiger partial charge in [0.2, 0.25) is 5.69 Å². The molecule has 1 heterocycles. The van der Waals surface area contributed by atoms with Crippen LogP contribution in [-0.4, -0.2) is 26.4 Å².